The van der Waals surface area contributed by atoms with E-state index in [0.29, 0.717) is 29.7 Å². The molecular weight excluding hydrogens is 440 g/mol. The zero-order valence-corrected chi connectivity index (χ0v) is 20.3. The summed E-state index contributed by atoms with van der Waals surface area (Å²) in [6.45, 7) is 4.77. The molecule has 0 radical (unpaired) electrons. The Bertz CT molecular complexity index is 1180. The molecule has 0 fully saturated rings. The largest absolute Gasteiger partial charge is 0.490 e. The number of hydrogen-bond acceptors (Lipinski definition) is 5. The summed E-state index contributed by atoms with van der Waals surface area (Å²) >= 11 is 0. The van der Waals surface area contributed by atoms with Gasteiger partial charge in [-0.3, -0.25) is 4.79 Å². The van der Waals surface area contributed by atoms with Crippen LogP contribution in [0.4, 0.5) is 0 Å². The van der Waals surface area contributed by atoms with Crippen molar-refractivity contribution < 1.29 is 14.6 Å². The van der Waals surface area contributed by atoms with Crippen LogP contribution in [-0.2, 0) is 19.4 Å². The quantitative estimate of drug-likeness (QED) is 0.484. The predicted octanol–water partition coefficient (Wildman–Crippen LogP) is 4.27. The van der Waals surface area contributed by atoms with Gasteiger partial charge in [0, 0.05) is 42.9 Å². The number of benzene rings is 2. The van der Waals surface area contributed by atoms with Crippen LogP contribution < -0.4 is 10.1 Å². The van der Waals surface area contributed by atoms with Crippen molar-refractivity contribution in [2.45, 2.75) is 64.6 Å². The molecular formula is C28H32N4O3. The zero-order chi connectivity index (χ0) is 24.8. The molecule has 4 rings (SSSR count). The third-order valence-corrected chi connectivity index (χ3v) is 6.18. The van der Waals surface area contributed by atoms with Gasteiger partial charge in [-0.05, 0) is 63.3 Å². The van der Waals surface area contributed by atoms with E-state index in [9.17, 15) is 15.2 Å². The van der Waals surface area contributed by atoms with Gasteiger partial charge in [0.05, 0.1) is 17.4 Å². The number of carbonyl (C=O) groups excluding carboxylic acids is 1. The number of imidazole rings is 1. The van der Waals surface area contributed by atoms with Crippen molar-refractivity contribution in [1.29, 1.82) is 5.26 Å². The monoisotopic (exact) mass is 472 g/mol. The van der Waals surface area contributed by atoms with Crippen molar-refractivity contribution in [3.8, 4) is 23.1 Å². The number of nitrogens with one attached hydrogen (secondary N) is 1. The minimum Gasteiger partial charge on any atom is -0.490 e. The van der Waals surface area contributed by atoms with Crippen LogP contribution in [0.2, 0.25) is 0 Å². The van der Waals surface area contributed by atoms with Gasteiger partial charge in [0.25, 0.3) is 5.91 Å². The molecule has 0 unspecified atom stereocenters. The highest BCUT2D eigenvalue weighted by molar-refractivity contribution is 5.95. The van der Waals surface area contributed by atoms with Crippen molar-refractivity contribution in [3.63, 3.8) is 0 Å². The van der Waals surface area contributed by atoms with E-state index in [4.69, 9.17) is 9.72 Å². The fourth-order valence-electron chi connectivity index (χ4n) is 4.41. The fourth-order valence-corrected chi connectivity index (χ4v) is 4.41. The Morgan fingerprint density at radius 2 is 2.03 bits per heavy atom. The van der Waals surface area contributed by atoms with Crippen molar-refractivity contribution in [2.24, 2.45) is 0 Å². The van der Waals surface area contributed by atoms with Crippen LogP contribution in [0.5, 0.6) is 5.75 Å². The number of amides is 1. The van der Waals surface area contributed by atoms with E-state index >= 15 is 0 Å². The van der Waals surface area contributed by atoms with Gasteiger partial charge in [-0.15, -0.1) is 0 Å². The van der Waals surface area contributed by atoms with E-state index in [2.05, 4.69) is 46.4 Å². The molecule has 1 aromatic heterocycles. The number of fused-ring (bicyclic) bond motifs is 1. The second kappa shape index (κ2) is 11.2. The third kappa shape index (κ3) is 6.09. The van der Waals surface area contributed by atoms with Crippen molar-refractivity contribution >= 4 is 5.91 Å². The number of aliphatic hydroxyl groups is 1. The van der Waals surface area contributed by atoms with Crippen LogP contribution in [0.15, 0.2) is 48.7 Å². The highest BCUT2D eigenvalue weighted by Gasteiger charge is 2.17. The third-order valence-electron chi connectivity index (χ3n) is 6.18. The van der Waals surface area contributed by atoms with Gasteiger partial charge in [-0.2, -0.15) is 5.26 Å². The van der Waals surface area contributed by atoms with Crippen LogP contribution >= 0.6 is 0 Å². The number of ether oxygens (including phenoxy) is 1. The SMILES string of the molecule is CC(C)Oc1ccc(C(=O)N[C@H](CCO)Cc2ccc(-c3cn4c(n3)CCCC4)cc2)cc1C#N. The molecule has 0 saturated carbocycles. The van der Waals surface area contributed by atoms with Gasteiger partial charge >= 0.3 is 0 Å². The number of nitrogens with zero attached hydrogens (tertiary/aromatic N) is 3. The van der Waals surface area contributed by atoms with Crippen LogP contribution in [0.3, 0.4) is 0 Å². The minimum atomic E-state index is -0.281. The summed E-state index contributed by atoms with van der Waals surface area (Å²) in [5.74, 6) is 1.34. The van der Waals surface area contributed by atoms with E-state index in [1.54, 1.807) is 18.2 Å². The fraction of sp³-hybridized carbons (Fsp3) is 0.393. The number of rotatable bonds is 9. The molecule has 2 heterocycles. The number of nitriles is 1. The summed E-state index contributed by atoms with van der Waals surface area (Å²) in [5.41, 5.74) is 3.84. The lowest BCUT2D eigenvalue weighted by molar-refractivity contribution is 0.0930. The first-order valence-electron chi connectivity index (χ1n) is 12.2. The smallest absolute Gasteiger partial charge is 0.251 e. The minimum absolute atomic E-state index is 0.0339. The van der Waals surface area contributed by atoms with Crippen LogP contribution in [0.25, 0.3) is 11.3 Å². The molecule has 2 N–H and O–H groups in total. The number of aryl methyl sites for hydroxylation is 2. The Morgan fingerprint density at radius 1 is 1.23 bits per heavy atom. The lowest BCUT2D eigenvalue weighted by Crippen LogP contribution is -2.37. The van der Waals surface area contributed by atoms with Crippen molar-refractivity contribution in [1.82, 2.24) is 14.9 Å². The van der Waals surface area contributed by atoms with Crippen molar-refractivity contribution in [3.05, 3.63) is 71.2 Å². The normalized spacial score (nSPS) is 13.7. The maximum absolute atomic E-state index is 12.9. The summed E-state index contributed by atoms with van der Waals surface area (Å²) in [6.07, 6.45) is 6.51. The first kappa shape index (κ1) is 24.5. The zero-order valence-electron chi connectivity index (χ0n) is 20.3. The van der Waals surface area contributed by atoms with E-state index in [-0.39, 0.29) is 24.7 Å². The van der Waals surface area contributed by atoms with Gasteiger partial charge in [0.15, 0.2) is 0 Å². The summed E-state index contributed by atoms with van der Waals surface area (Å²) in [4.78, 5) is 17.7. The van der Waals surface area contributed by atoms with Gasteiger partial charge in [-0.1, -0.05) is 24.3 Å². The van der Waals surface area contributed by atoms with Crippen molar-refractivity contribution in [2.75, 3.05) is 6.61 Å². The maximum atomic E-state index is 12.9. The highest BCUT2D eigenvalue weighted by atomic mass is 16.5. The Balaban J connectivity index is 1.43. The Labute approximate surface area is 206 Å². The molecule has 3 aromatic rings. The molecule has 0 spiro atoms. The first-order chi connectivity index (χ1) is 17.0. The van der Waals surface area contributed by atoms with Crippen LogP contribution in [-0.4, -0.2) is 39.3 Å². The first-order valence-corrected chi connectivity index (χ1v) is 12.2. The van der Waals surface area contributed by atoms with E-state index in [1.807, 2.05) is 13.8 Å². The molecule has 1 amide bonds. The molecule has 1 aliphatic heterocycles. The molecule has 2 aromatic carbocycles. The Hall–Kier alpha value is -3.63. The lowest BCUT2D eigenvalue weighted by atomic mass is 10.0. The second-order valence-electron chi connectivity index (χ2n) is 9.27. The molecule has 0 saturated heterocycles. The predicted molar refractivity (Wildman–Crippen MR) is 134 cm³/mol. The van der Waals surface area contributed by atoms with E-state index < -0.39 is 0 Å². The summed E-state index contributed by atoms with van der Waals surface area (Å²) in [5, 5.41) is 22.0. The molecule has 7 nitrogen and oxygen atoms in total. The van der Waals surface area contributed by atoms with Gasteiger partial charge in [0.2, 0.25) is 0 Å². The average Bonchev–Trinajstić information content (AvgIpc) is 3.29. The van der Waals surface area contributed by atoms with Crippen LogP contribution in [0, 0.1) is 11.3 Å². The van der Waals surface area contributed by atoms with Gasteiger partial charge < -0.3 is 19.7 Å². The second-order valence-corrected chi connectivity index (χ2v) is 9.27. The number of carbonyl (C=O) groups is 1. The average molecular weight is 473 g/mol. The van der Waals surface area contributed by atoms with E-state index in [0.717, 1.165) is 35.6 Å². The standard InChI is InChI=1S/C28H32N4O3/c1-19(2)35-26-11-10-22(16-23(26)17-29)28(34)30-24(12-14-33)15-20-6-8-21(9-7-20)25-18-32-13-4-3-5-27(32)31-25/h6-11,16,18-19,24,33H,3-5,12-15H2,1-2H3,(H,30,34)/t24-/m1/s1. The van der Waals surface area contributed by atoms with Crippen LogP contribution in [0.1, 0.15) is 60.4 Å². The van der Waals surface area contributed by atoms with Gasteiger partial charge in [0.1, 0.15) is 17.6 Å². The maximum Gasteiger partial charge on any atom is 0.251 e. The number of aromatic nitrogens is 2. The molecule has 0 aliphatic carbocycles. The summed E-state index contributed by atoms with van der Waals surface area (Å²) in [6, 6.07) is 14.9. The van der Waals surface area contributed by atoms with E-state index in [1.165, 1.54) is 12.8 Å². The molecule has 0 bridgehead atoms. The van der Waals surface area contributed by atoms with Gasteiger partial charge in [-0.25, -0.2) is 4.98 Å². The molecule has 1 aliphatic rings. The topological polar surface area (TPSA) is 100 Å². The number of hydrogen-bond donors (Lipinski definition) is 2. The Kier molecular flexibility index (Phi) is 7.84. The molecule has 7 heteroatoms. The Morgan fingerprint density at radius 3 is 2.71 bits per heavy atom. The number of aliphatic hydroxyl groups excluding tert-OH is 1. The molecule has 35 heavy (non-hydrogen) atoms. The molecule has 1 atom stereocenters. The lowest BCUT2D eigenvalue weighted by Gasteiger charge is -2.19. The summed E-state index contributed by atoms with van der Waals surface area (Å²) < 4.78 is 7.89. The molecule has 182 valence electrons. The summed E-state index contributed by atoms with van der Waals surface area (Å²) in [7, 11) is 0. The highest BCUT2D eigenvalue weighted by Crippen LogP contribution is 2.24.